The van der Waals surface area contributed by atoms with Crippen LogP contribution >= 0.6 is 0 Å². The number of hydrogen-bond donors (Lipinski definition) is 0. The van der Waals surface area contributed by atoms with Gasteiger partial charge in [0, 0.05) is 11.3 Å². The summed E-state index contributed by atoms with van der Waals surface area (Å²) < 4.78 is 0. The Morgan fingerprint density at radius 3 is 2.60 bits per heavy atom. The third-order valence-corrected chi connectivity index (χ3v) is 3.41. The highest BCUT2D eigenvalue weighted by atomic mass is 14.3. The normalized spacial score (nSPS) is 33.3. The molecule has 0 bridgehead atoms. The summed E-state index contributed by atoms with van der Waals surface area (Å²) in [4.78, 5) is 0. The van der Waals surface area contributed by atoms with E-state index >= 15 is 0 Å². The van der Waals surface area contributed by atoms with E-state index < -0.39 is 0 Å². The first-order valence-electron chi connectivity index (χ1n) is 5.59. The predicted molar refractivity (Wildman–Crippen MR) is 66.5 cm³/mol. The summed E-state index contributed by atoms with van der Waals surface area (Å²) in [7, 11) is 0. The van der Waals surface area contributed by atoms with Crippen molar-refractivity contribution in [2.45, 2.75) is 19.8 Å². The summed E-state index contributed by atoms with van der Waals surface area (Å²) in [6, 6.07) is 0. The Morgan fingerprint density at radius 2 is 2.00 bits per heavy atom. The molecule has 2 aliphatic rings. The predicted octanol–water partition coefficient (Wildman–Crippen LogP) is 4.20. The van der Waals surface area contributed by atoms with Gasteiger partial charge in [-0.05, 0) is 12.8 Å². The molecule has 2 aliphatic carbocycles. The van der Waals surface area contributed by atoms with Crippen molar-refractivity contribution >= 4 is 0 Å². The maximum absolute atomic E-state index is 4.30. The van der Waals surface area contributed by atoms with Crippen molar-refractivity contribution in [2.75, 3.05) is 0 Å². The van der Waals surface area contributed by atoms with Crippen LogP contribution < -0.4 is 0 Å². The first-order chi connectivity index (χ1) is 7.22. The zero-order valence-corrected chi connectivity index (χ0v) is 9.32. The molecular formula is C15H18. The van der Waals surface area contributed by atoms with E-state index in [0.29, 0.717) is 5.92 Å². The van der Waals surface area contributed by atoms with Gasteiger partial charge >= 0.3 is 0 Å². The Labute approximate surface area is 92.4 Å². The number of allylic oxidation sites excluding steroid dienone is 9. The molecule has 0 radical (unpaired) electrons. The van der Waals surface area contributed by atoms with Crippen LogP contribution in [0.25, 0.3) is 0 Å². The van der Waals surface area contributed by atoms with E-state index in [1.165, 1.54) is 5.57 Å². The molecule has 2 unspecified atom stereocenters. The van der Waals surface area contributed by atoms with Gasteiger partial charge in [-0.15, -0.1) is 0 Å². The monoisotopic (exact) mass is 198 g/mol. The summed E-state index contributed by atoms with van der Waals surface area (Å²) in [6.45, 7) is 6.58. The lowest BCUT2D eigenvalue weighted by molar-refractivity contribution is 0.467. The highest BCUT2D eigenvalue weighted by Crippen LogP contribution is 2.40. The summed E-state index contributed by atoms with van der Waals surface area (Å²) >= 11 is 0. The second-order valence-corrected chi connectivity index (χ2v) is 4.59. The summed E-state index contributed by atoms with van der Waals surface area (Å²) in [6.07, 6.45) is 19.7. The van der Waals surface area contributed by atoms with E-state index in [4.69, 9.17) is 0 Å². The SMILES string of the molecule is C=C(C1C=CC=CC1)C1(C)C=CC=CC1. The van der Waals surface area contributed by atoms with Crippen molar-refractivity contribution in [2.24, 2.45) is 11.3 Å². The molecule has 0 fully saturated rings. The standard InChI is InChI=1S/C15H18/c1-13(14-9-5-3-6-10-14)15(2)11-7-4-8-12-15/h3-9,11,14H,1,10,12H2,2H3. The Kier molecular flexibility index (Phi) is 2.77. The van der Waals surface area contributed by atoms with Crippen LogP contribution in [0.2, 0.25) is 0 Å². The molecule has 0 aromatic rings. The van der Waals surface area contributed by atoms with E-state index in [0.717, 1.165) is 12.8 Å². The van der Waals surface area contributed by atoms with Gasteiger partial charge in [-0.3, -0.25) is 0 Å². The first kappa shape index (κ1) is 10.2. The third-order valence-electron chi connectivity index (χ3n) is 3.41. The third kappa shape index (κ3) is 2.04. The van der Waals surface area contributed by atoms with Crippen LogP contribution in [0.3, 0.4) is 0 Å². The smallest absolute Gasteiger partial charge is 0.0103 e. The summed E-state index contributed by atoms with van der Waals surface area (Å²) in [5.41, 5.74) is 1.48. The molecule has 0 saturated carbocycles. The van der Waals surface area contributed by atoms with Crippen molar-refractivity contribution in [3.8, 4) is 0 Å². The average Bonchev–Trinajstić information content (AvgIpc) is 2.30. The fraction of sp³-hybridized carbons (Fsp3) is 0.333. The van der Waals surface area contributed by atoms with Crippen LogP contribution in [0.5, 0.6) is 0 Å². The van der Waals surface area contributed by atoms with Gasteiger partial charge in [-0.2, -0.15) is 0 Å². The highest BCUT2D eigenvalue weighted by Gasteiger charge is 2.28. The van der Waals surface area contributed by atoms with Crippen LogP contribution in [0.1, 0.15) is 19.8 Å². The Morgan fingerprint density at radius 1 is 1.20 bits per heavy atom. The molecule has 0 aliphatic heterocycles. The molecule has 0 saturated heterocycles. The first-order valence-corrected chi connectivity index (χ1v) is 5.59. The van der Waals surface area contributed by atoms with E-state index in [2.05, 4.69) is 62.1 Å². The zero-order valence-electron chi connectivity index (χ0n) is 9.32. The fourth-order valence-corrected chi connectivity index (χ4v) is 2.23. The molecule has 0 aromatic carbocycles. The van der Waals surface area contributed by atoms with Gasteiger partial charge in [0.1, 0.15) is 0 Å². The maximum Gasteiger partial charge on any atom is 0.0103 e. The van der Waals surface area contributed by atoms with E-state index in [-0.39, 0.29) is 5.41 Å². The molecule has 0 heterocycles. The molecule has 0 heteroatoms. The minimum absolute atomic E-state index is 0.148. The largest absolute Gasteiger partial charge is 0.0984 e. The Hall–Kier alpha value is -1.30. The summed E-state index contributed by atoms with van der Waals surface area (Å²) in [5, 5.41) is 0. The molecule has 2 atom stereocenters. The molecule has 78 valence electrons. The van der Waals surface area contributed by atoms with Crippen LogP contribution in [0, 0.1) is 11.3 Å². The Bertz CT molecular complexity index is 365. The van der Waals surface area contributed by atoms with Gasteiger partial charge in [-0.25, -0.2) is 0 Å². The van der Waals surface area contributed by atoms with Gasteiger partial charge in [0.2, 0.25) is 0 Å². The second-order valence-electron chi connectivity index (χ2n) is 4.59. The van der Waals surface area contributed by atoms with Gasteiger partial charge in [0.05, 0.1) is 0 Å². The molecule has 0 amide bonds. The van der Waals surface area contributed by atoms with Crippen molar-refractivity contribution in [3.63, 3.8) is 0 Å². The number of rotatable bonds is 2. The molecule has 0 N–H and O–H groups in total. The van der Waals surface area contributed by atoms with Gasteiger partial charge in [-0.1, -0.05) is 67.7 Å². The fourth-order valence-electron chi connectivity index (χ4n) is 2.23. The highest BCUT2D eigenvalue weighted by molar-refractivity contribution is 5.32. The lowest BCUT2D eigenvalue weighted by Crippen LogP contribution is -2.21. The zero-order chi connectivity index (χ0) is 10.7. The maximum atomic E-state index is 4.30. The minimum Gasteiger partial charge on any atom is -0.0984 e. The quantitative estimate of drug-likeness (QED) is 0.583. The second kappa shape index (κ2) is 4.06. The van der Waals surface area contributed by atoms with Crippen LogP contribution in [0.15, 0.2) is 60.8 Å². The van der Waals surface area contributed by atoms with Crippen molar-refractivity contribution < 1.29 is 0 Å². The molecule has 0 aromatic heterocycles. The van der Waals surface area contributed by atoms with Crippen molar-refractivity contribution in [3.05, 3.63) is 60.8 Å². The minimum atomic E-state index is 0.148. The lowest BCUT2D eigenvalue weighted by atomic mass is 9.71. The Balaban J connectivity index is 2.13. The number of hydrogen-bond acceptors (Lipinski definition) is 0. The van der Waals surface area contributed by atoms with Gasteiger partial charge in [0.15, 0.2) is 0 Å². The van der Waals surface area contributed by atoms with E-state index in [1.807, 2.05) is 0 Å². The molecule has 0 nitrogen and oxygen atoms in total. The molecule has 2 rings (SSSR count). The van der Waals surface area contributed by atoms with Crippen molar-refractivity contribution in [1.29, 1.82) is 0 Å². The topological polar surface area (TPSA) is 0 Å². The van der Waals surface area contributed by atoms with Gasteiger partial charge < -0.3 is 0 Å². The van der Waals surface area contributed by atoms with Crippen LogP contribution in [0.4, 0.5) is 0 Å². The van der Waals surface area contributed by atoms with Crippen LogP contribution in [-0.4, -0.2) is 0 Å². The molecule has 0 spiro atoms. The van der Waals surface area contributed by atoms with Gasteiger partial charge in [0.25, 0.3) is 0 Å². The molecular weight excluding hydrogens is 180 g/mol. The van der Waals surface area contributed by atoms with Crippen LogP contribution in [-0.2, 0) is 0 Å². The lowest BCUT2D eigenvalue weighted by Gasteiger charge is -2.33. The summed E-state index contributed by atoms with van der Waals surface area (Å²) in [5.74, 6) is 0.510. The van der Waals surface area contributed by atoms with Crippen molar-refractivity contribution in [1.82, 2.24) is 0 Å². The molecule has 15 heavy (non-hydrogen) atoms. The van der Waals surface area contributed by atoms with E-state index in [9.17, 15) is 0 Å². The van der Waals surface area contributed by atoms with E-state index in [1.54, 1.807) is 0 Å². The average molecular weight is 198 g/mol.